The van der Waals surface area contributed by atoms with Crippen LogP contribution < -0.4 is 5.56 Å². The molecule has 1 unspecified atom stereocenters. The number of carbonyl (C=O) groups excluding carboxylic acids is 1. The topological polar surface area (TPSA) is 55.2 Å². The summed E-state index contributed by atoms with van der Waals surface area (Å²) in [5.41, 5.74) is 3.01. The van der Waals surface area contributed by atoms with Crippen LogP contribution in [-0.4, -0.2) is 33.2 Å². The quantitative estimate of drug-likeness (QED) is 0.389. The second-order valence-electron chi connectivity index (χ2n) is 8.22. The molecule has 0 bridgehead atoms. The number of halogens is 1. The van der Waals surface area contributed by atoms with Crippen LogP contribution in [0.5, 0.6) is 0 Å². The van der Waals surface area contributed by atoms with E-state index in [0.717, 1.165) is 19.3 Å². The van der Waals surface area contributed by atoms with Gasteiger partial charge in [-0.25, -0.2) is 4.98 Å². The third-order valence-electron chi connectivity index (χ3n) is 5.87. The van der Waals surface area contributed by atoms with E-state index >= 15 is 0 Å². The molecule has 0 fully saturated rings. The van der Waals surface area contributed by atoms with Gasteiger partial charge in [-0.05, 0) is 62.4 Å². The zero-order valence-electron chi connectivity index (χ0n) is 18.0. The summed E-state index contributed by atoms with van der Waals surface area (Å²) < 4.78 is 1.66. The number of thioether (sulfide) groups is 1. The molecule has 0 saturated heterocycles. The average Bonchev–Trinajstić information content (AvgIpc) is 2.76. The van der Waals surface area contributed by atoms with Crippen LogP contribution in [0, 0.1) is 0 Å². The summed E-state index contributed by atoms with van der Waals surface area (Å²) in [6.07, 6.45) is 3.10. The molecule has 0 N–H and O–H groups in total. The Morgan fingerprint density at radius 2 is 2.06 bits per heavy atom. The van der Waals surface area contributed by atoms with Crippen molar-refractivity contribution in [2.24, 2.45) is 0 Å². The first-order chi connectivity index (χ1) is 14.9. The molecule has 1 heterocycles. The predicted molar refractivity (Wildman–Crippen MR) is 127 cm³/mol. The van der Waals surface area contributed by atoms with Crippen molar-refractivity contribution < 1.29 is 4.79 Å². The molecule has 1 aromatic heterocycles. The van der Waals surface area contributed by atoms with E-state index in [1.807, 2.05) is 31.9 Å². The molecule has 1 aliphatic rings. The van der Waals surface area contributed by atoms with E-state index in [-0.39, 0.29) is 29.3 Å². The first-order valence-electron chi connectivity index (χ1n) is 10.5. The molecule has 3 aromatic rings. The minimum absolute atomic E-state index is 0.0300. The number of benzene rings is 2. The maximum absolute atomic E-state index is 13.1. The number of hydrogen-bond donors (Lipinski definition) is 0. The molecule has 5 nitrogen and oxygen atoms in total. The first kappa shape index (κ1) is 21.9. The van der Waals surface area contributed by atoms with Gasteiger partial charge in [-0.15, -0.1) is 0 Å². The van der Waals surface area contributed by atoms with Crippen molar-refractivity contribution >= 4 is 40.2 Å². The van der Waals surface area contributed by atoms with E-state index in [1.165, 1.54) is 22.9 Å². The SMILES string of the molecule is CC(C)n1c(SCC(=O)N(C)C2CCCc3ccccc32)nc2cc(Cl)ccc2c1=O. The minimum Gasteiger partial charge on any atom is -0.338 e. The zero-order chi connectivity index (χ0) is 22.1. The fraction of sp³-hybridized carbons (Fsp3) is 0.375. The molecule has 2 aromatic carbocycles. The van der Waals surface area contributed by atoms with Crippen molar-refractivity contribution in [2.75, 3.05) is 12.8 Å². The van der Waals surface area contributed by atoms with E-state index in [4.69, 9.17) is 11.6 Å². The molecule has 0 aliphatic heterocycles. The molecule has 4 rings (SSSR count). The maximum Gasteiger partial charge on any atom is 0.262 e. The van der Waals surface area contributed by atoms with Crippen LogP contribution >= 0.6 is 23.4 Å². The largest absolute Gasteiger partial charge is 0.338 e. The summed E-state index contributed by atoms with van der Waals surface area (Å²) >= 11 is 7.42. The highest BCUT2D eigenvalue weighted by molar-refractivity contribution is 7.99. The van der Waals surface area contributed by atoms with Crippen molar-refractivity contribution in [2.45, 2.75) is 50.4 Å². The van der Waals surface area contributed by atoms with Gasteiger partial charge >= 0.3 is 0 Å². The summed E-state index contributed by atoms with van der Waals surface area (Å²) in [4.78, 5) is 32.6. The lowest BCUT2D eigenvalue weighted by Gasteiger charge is -2.33. The van der Waals surface area contributed by atoms with Gasteiger partial charge < -0.3 is 4.90 Å². The minimum atomic E-state index is -0.110. The lowest BCUT2D eigenvalue weighted by Crippen LogP contribution is -2.34. The smallest absolute Gasteiger partial charge is 0.262 e. The fourth-order valence-corrected chi connectivity index (χ4v) is 5.46. The molecule has 1 aliphatic carbocycles. The van der Waals surface area contributed by atoms with Crippen LogP contribution in [0.3, 0.4) is 0 Å². The van der Waals surface area contributed by atoms with Gasteiger partial charge in [0.15, 0.2) is 5.16 Å². The highest BCUT2D eigenvalue weighted by Gasteiger charge is 2.27. The molecule has 1 atom stereocenters. The Balaban J connectivity index is 1.58. The van der Waals surface area contributed by atoms with E-state index in [0.29, 0.717) is 21.1 Å². The van der Waals surface area contributed by atoms with Crippen molar-refractivity contribution in [3.63, 3.8) is 0 Å². The Hall–Kier alpha value is -2.31. The lowest BCUT2D eigenvalue weighted by molar-refractivity contribution is -0.129. The van der Waals surface area contributed by atoms with Crippen LogP contribution in [0.2, 0.25) is 5.02 Å². The van der Waals surface area contributed by atoms with Gasteiger partial charge in [-0.3, -0.25) is 14.2 Å². The maximum atomic E-state index is 13.1. The van der Waals surface area contributed by atoms with Crippen molar-refractivity contribution in [3.8, 4) is 0 Å². The Morgan fingerprint density at radius 1 is 1.29 bits per heavy atom. The predicted octanol–water partition coefficient (Wildman–Crippen LogP) is 5.26. The third kappa shape index (κ3) is 4.37. The highest BCUT2D eigenvalue weighted by atomic mass is 35.5. The van der Waals surface area contributed by atoms with Crippen LogP contribution in [0.15, 0.2) is 52.4 Å². The normalized spacial score (nSPS) is 15.8. The van der Waals surface area contributed by atoms with Crippen LogP contribution in [0.4, 0.5) is 0 Å². The summed E-state index contributed by atoms with van der Waals surface area (Å²) in [6, 6.07) is 13.5. The monoisotopic (exact) mass is 455 g/mol. The molecule has 1 amide bonds. The number of aryl methyl sites for hydroxylation is 1. The number of amides is 1. The number of fused-ring (bicyclic) bond motifs is 2. The molecule has 31 heavy (non-hydrogen) atoms. The Labute approximate surface area is 191 Å². The second-order valence-corrected chi connectivity index (χ2v) is 9.60. The first-order valence-corrected chi connectivity index (χ1v) is 11.9. The fourth-order valence-electron chi connectivity index (χ4n) is 4.24. The van der Waals surface area contributed by atoms with E-state index in [1.54, 1.807) is 22.8 Å². The molecule has 0 radical (unpaired) electrons. The van der Waals surface area contributed by atoms with E-state index in [2.05, 4.69) is 23.2 Å². The van der Waals surface area contributed by atoms with Crippen molar-refractivity contribution in [3.05, 3.63) is 69.0 Å². The van der Waals surface area contributed by atoms with E-state index < -0.39 is 0 Å². The van der Waals surface area contributed by atoms with Gasteiger partial charge in [0, 0.05) is 18.1 Å². The number of rotatable bonds is 5. The lowest BCUT2D eigenvalue weighted by atomic mass is 9.87. The van der Waals surface area contributed by atoms with Gasteiger partial charge in [0.2, 0.25) is 5.91 Å². The summed E-state index contributed by atoms with van der Waals surface area (Å²) in [5, 5.41) is 1.61. The summed E-state index contributed by atoms with van der Waals surface area (Å²) in [7, 11) is 1.87. The third-order valence-corrected chi connectivity index (χ3v) is 7.04. The van der Waals surface area contributed by atoms with Crippen molar-refractivity contribution in [1.29, 1.82) is 0 Å². The van der Waals surface area contributed by atoms with Crippen molar-refractivity contribution in [1.82, 2.24) is 14.5 Å². The van der Waals surface area contributed by atoms with Gasteiger partial charge in [-0.2, -0.15) is 0 Å². The number of nitrogens with zero attached hydrogens (tertiary/aromatic N) is 3. The van der Waals surface area contributed by atoms with Gasteiger partial charge in [0.05, 0.1) is 22.7 Å². The van der Waals surface area contributed by atoms with Gasteiger partial charge in [0.1, 0.15) is 0 Å². The zero-order valence-corrected chi connectivity index (χ0v) is 19.5. The molecule has 162 valence electrons. The van der Waals surface area contributed by atoms with Gasteiger partial charge in [0.25, 0.3) is 5.56 Å². The Morgan fingerprint density at radius 3 is 2.84 bits per heavy atom. The standard InChI is InChI=1S/C24H26ClN3O2S/c1-15(2)28-23(30)19-12-11-17(25)13-20(19)26-24(28)31-14-22(29)27(3)21-10-6-8-16-7-4-5-9-18(16)21/h4-5,7,9,11-13,15,21H,6,8,10,14H2,1-3H3. The highest BCUT2D eigenvalue weighted by Crippen LogP contribution is 2.34. The number of aromatic nitrogens is 2. The molecular formula is C24H26ClN3O2S. The Kier molecular flexibility index (Phi) is 6.39. The average molecular weight is 456 g/mol. The van der Waals surface area contributed by atoms with Crippen LogP contribution in [0.25, 0.3) is 10.9 Å². The number of carbonyl (C=O) groups is 1. The summed E-state index contributed by atoms with van der Waals surface area (Å²) in [5.74, 6) is 0.253. The molecular weight excluding hydrogens is 430 g/mol. The second kappa shape index (κ2) is 9.05. The molecule has 0 spiro atoms. The Bertz CT molecular complexity index is 1190. The molecule has 7 heteroatoms. The summed E-state index contributed by atoms with van der Waals surface area (Å²) in [6.45, 7) is 3.89. The van der Waals surface area contributed by atoms with Crippen LogP contribution in [0.1, 0.15) is 49.9 Å². The van der Waals surface area contributed by atoms with E-state index in [9.17, 15) is 9.59 Å². The van der Waals surface area contributed by atoms with Crippen LogP contribution in [-0.2, 0) is 11.2 Å². The van der Waals surface area contributed by atoms with Gasteiger partial charge in [-0.1, -0.05) is 47.6 Å². The molecule has 0 saturated carbocycles. The number of hydrogen-bond acceptors (Lipinski definition) is 4.